The molecule has 0 spiro atoms. The van der Waals surface area contributed by atoms with E-state index in [0.29, 0.717) is 12.3 Å². The first-order chi connectivity index (χ1) is 6.19. The van der Waals surface area contributed by atoms with Gasteiger partial charge in [-0.25, -0.2) is 0 Å². The highest BCUT2D eigenvalue weighted by atomic mass is 79.9. The van der Waals surface area contributed by atoms with Crippen molar-refractivity contribution < 1.29 is 5.11 Å². The molecule has 13 heavy (non-hydrogen) atoms. The molecule has 72 valence electrons. The summed E-state index contributed by atoms with van der Waals surface area (Å²) in [5.41, 5.74) is 7.59. The first kappa shape index (κ1) is 10.5. The van der Waals surface area contributed by atoms with Gasteiger partial charge in [-0.2, -0.15) is 0 Å². The summed E-state index contributed by atoms with van der Waals surface area (Å²) in [7, 11) is 0. The maximum absolute atomic E-state index is 9.65. The van der Waals surface area contributed by atoms with Crippen LogP contribution in [0.3, 0.4) is 0 Å². The average Bonchev–Trinajstić information content (AvgIpc) is 2.13. The molecule has 0 saturated heterocycles. The third-order valence-corrected chi connectivity index (χ3v) is 2.63. The minimum absolute atomic E-state index is 0.322. The van der Waals surface area contributed by atoms with Crippen molar-refractivity contribution in [2.45, 2.75) is 19.8 Å². The van der Waals surface area contributed by atoms with Crippen LogP contribution in [-0.4, -0.2) is 11.7 Å². The first-order valence-electron chi connectivity index (χ1n) is 4.39. The predicted molar refractivity (Wildman–Crippen MR) is 57.9 cm³/mol. The quantitative estimate of drug-likeness (QED) is 0.856. The van der Waals surface area contributed by atoms with Crippen molar-refractivity contribution in [1.29, 1.82) is 0 Å². The Balaban J connectivity index is 3.09. The molecular weight excluding hydrogens is 230 g/mol. The van der Waals surface area contributed by atoms with Gasteiger partial charge in [0.2, 0.25) is 0 Å². The lowest BCUT2D eigenvalue weighted by atomic mass is 10.1. The molecular formula is C10H14BrNO. The van der Waals surface area contributed by atoms with Crippen molar-refractivity contribution in [2.24, 2.45) is 5.73 Å². The van der Waals surface area contributed by atoms with E-state index in [1.807, 2.05) is 12.1 Å². The van der Waals surface area contributed by atoms with E-state index in [1.54, 1.807) is 0 Å². The van der Waals surface area contributed by atoms with E-state index in [4.69, 9.17) is 5.73 Å². The summed E-state index contributed by atoms with van der Waals surface area (Å²) in [6.45, 7) is 2.65. The number of benzene rings is 1. The van der Waals surface area contributed by atoms with Crippen LogP contribution in [0.2, 0.25) is 0 Å². The number of phenols is 1. The van der Waals surface area contributed by atoms with E-state index >= 15 is 0 Å². The molecule has 1 aromatic rings. The van der Waals surface area contributed by atoms with Gasteiger partial charge in [0, 0.05) is 0 Å². The second-order valence-electron chi connectivity index (χ2n) is 2.98. The zero-order valence-electron chi connectivity index (χ0n) is 7.68. The molecule has 0 bridgehead atoms. The summed E-state index contributed by atoms with van der Waals surface area (Å²) in [4.78, 5) is 0. The van der Waals surface area contributed by atoms with Crippen molar-refractivity contribution in [2.75, 3.05) is 6.54 Å². The summed E-state index contributed by atoms with van der Waals surface area (Å²) < 4.78 is 0.760. The Kier molecular flexibility index (Phi) is 3.75. The number of rotatable bonds is 3. The maximum atomic E-state index is 9.65. The van der Waals surface area contributed by atoms with Gasteiger partial charge in [0.25, 0.3) is 0 Å². The Bertz CT molecular complexity index is 299. The molecule has 0 unspecified atom stereocenters. The molecule has 0 aliphatic heterocycles. The van der Waals surface area contributed by atoms with E-state index in [-0.39, 0.29) is 0 Å². The Labute approximate surface area is 86.9 Å². The van der Waals surface area contributed by atoms with Crippen LogP contribution in [0, 0.1) is 0 Å². The third-order valence-electron chi connectivity index (χ3n) is 2.02. The second kappa shape index (κ2) is 4.63. The lowest BCUT2D eigenvalue weighted by molar-refractivity contribution is 0.464. The molecule has 0 heterocycles. The first-order valence-corrected chi connectivity index (χ1v) is 5.18. The van der Waals surface area contributed by atoms with E-state index < -0.39 is 0 Å². The molecule has 2 nitrogen and oxygen atoms in total. The Hall–Kier alpha value is -0.540. The van der Waals surface area contributed by atoms with Crippen LogP contribution >= 0.6 is 15.9 Å². The number of phenolic OH excluding ortho intramolecular Hbond substituents is 1. The van der Waals surface area contributed by atoms with Crippen molar-refractivity contribution in [3.05, 3.63) is 27.7 Å². The lowest BCUT2D eigenvalue weighted by Gasteiger charge is -2.07. The van der Waals surface area contributed by atoms with Crippen molar-refractivity contribution >= 4 is 15.9 Å². The largest absolute Gasteiger partial charge is 0.506 e. The smallest absolute Gasteiger partial charge is 0.133 e. The van der Waals surface area contributed by atoms with Crippen LogP contribution in [0.4, 0.5) is 0 Å². The zero-order valence-corrected chi connectivity index (χ0v) is 9.26. The van der Waals surface area contributed by atoms with Crippen LogP contribution < -0.4 is 5.73 Å². The molecule has 1 aromatic carbocycles. The van der Waals surface area contributed by atoms with Gasteiger partial charge in [0.1, 0.15) is 5.75 Å². The fourth-order valence-corrected chi connectivity index (χ4v) is 1.82. The Morgan fingerprint density at radius 3 is 2.69 bits per heavy atom. The van der Waals surface area contributed by atoms with Gasteiger partial charge in [-0.3, -0.25) is 0 Å². The summed E-state index contributed by atoms with van der Waals surface area (Å²) in [5.74, 6) is 0.322. The zero-order chi connectivity index (χ0) is 9.84. The Morgan fingerprint density at radius 1 is 1.46 bits per heavy atom. The molecule has 0 aromatic heterocycles. The molecule has 0 aliphatic carbocycles. The van der Waals surface area contributed by atoms with Crippen molar-refractivity contribution in [1.82, 2.24) is 0 Å². The van der Waals surface area contributed by atoms with Gasteiger partial charge in [-0.15, -0.1) is 0 Å². The summed E-state index contributed by atoms with van der Waals surface area (Å²) in [6.07, 6.45) is 1.69. The number of aromatic hydroxyl groups is 1. The normalized spacial score (nSPS) is 10.4. The highest BCUT2D eigenvalue weighted by Gasteiger charge is 2.06. The second-order valence-corrected chi connectivity index (χ2v) is 3.83. The van der Waals surface area contributed by atoms with Gasteiger partial charge in [0.05, 0.1) is 4.47 Å². The summed E-state index contributed by atoms with van der Waals surface area (Å²) in [5, 5.41) is 9.65. The standard InChI is InChI=1S/C10H14BrNO/c1-2-7-5-8(3-4-12)10(13)9(11)6-7/h5-6,13H,2-4,12H2,1H3. The fourth-order valence-electron chi connectivity index (χ4n) is 1.27. The third kappa shape index (κ3) is 2.45. The number of halogens is 1. The van der Waals surface area contributed by atoms with E-state index in [2.05, 4.69) is 22.9 Å². The summed E-state index contributed by atoms with van der Waals surface area (Å²) in [6, 6.07) is 3.95. The minimum Gasteiger partial charge on any atom is -0.506 e. The van der Waals surface area contributed by atoms with Gasteiger partial charge < -0.3 is 10.8 Å². The van der Waals surface area contributed by atoms with E-state index in [1.165, 1.54) is 5.56 Å². The molecule has 1 rings (SSSR count). The number of hydrogen-bond acceptors (Lipinski definition) is 2. The highest BCUT2D eigenvalue weighted by molar-refractivity contribution is 9.10. The Morgan fingerprint density at radius 2 is 2.15 bits per heavy atom. The van der Waals surface area contributed by atoms with Crippen molar-refractivity contribution in [3.63, 3.8) is 0 Å². The molecule has 0 radical (unpaired) electrons. The average molecular weight is 244 g/mol. The van der Waals surface area contributed by atoms with E-state index in [0.717, 1.165) is 22.9 Å². The number of aryl methyl sites for hydroxylation is 1. The molecule has 0 saturated carbocycles. The van der Waals surface area contributed by atoms with Gasteiger partial charge in [-0.1, -0.05) is 13.0 Å². The number of nitrogens with two attached hydrogens (primary N) is 1. The van der Waals surface area contributed by atoms with Gasteiger partial charge >= 0.3 is 0 Å². The maximum Gasteiger partial charge on any atom is 0.133 e. The topological polar surface area (TPSA) is 46.2 Å². The van der Waals surface area contributed by atoms with Crippen LogP contribution in [-0.2, 0) is 12.8 Å². The molecule has 3 N–H and O–H groups in total. The van der Waals surface area contributed by atoms with Gasteiger partial charge in [-0.05, 0) is 52.5 Å². The molecule has 3 heteroatoms. The molecule has 0 amide bonds. The van der Waals surface area contributed by atoms with Crippen molar-refractivity contribution in [3.8, 4) is 5.75 Å². The molecule has 0 atom stereocenters. The predicted octanol–water partition coefficient (Wildman–Crippen LogP) is 2.22. The lowest BCUT2D eigenvalue weighted by Crippen LogP contribution is -2.03. The minimum atomic E-state index is 0.322. The van der Waals surface area contributed by atoms with Crippen LogP contribution in [0.1, 0.15) is 18.1 Å². The van der Waals surface area contributed by atoms with Crippen LogP contribution in [0.15, 0.2) is 16.6 Å². The van der Waals surface area contributed by atoms with Gasteiger partial charge in [0.15, 0.2) is 0 Å². The molecule has 0 aliphatic rings. The summed E-state index contributed by atoms with van der Waals surface area (Å²) >= 11 is 3.32. The SMILES string of the molecule is CCc1cc(Br)c(O)c(CCN)c1. The molecule has 0 fully saturated rings. The van der Waals surface area contributed by atoms with Crippen LogP contribution in [0.25, 0.3) is 0 Å². The van der Waals surface area contributed by atoms with E-state index in [9.17, 15) is 5.11 Å². The van der Waals surface area contributed by atoms with Crippen LogP contribution in [0.5, 0.6) is 5.75 Å². The fraction of sp³-hybridized carbons (Fsp3) is 0.400. The highest BCUT2D eigenvalue weighted by Crippen LogP contribution is 2.29. The number of hydrogen-bond donors (Lipinski definition) is 2. The monoisotopic (exact) mass is 243 g/mol.